The van der Waals surface area contributed by atoms with E-state index >= 15 is 0 Å². The number of benzene rings is 2. The van der Waals surface area contributed by atoms with Crippen molar-refractivity contribution in [2.75, 3.05) is 26.7 Å². The standard InChI is InChI=1S/C21H28N4O3.HI/c1-4-22-21(25-14-17-6-5-15(2)13-19(17)28-3)24-12-11-23-20(27)16-7-9-18(26)10-8-16;/h5-10,13,26H,4,11-12,14H2,1-3H3,(H,23,27)(H2,22,24,25);1H. The molecule has 0 spiro atoms. The molecule has 2 rings (SSSR count). The first-order chi connectivity index (χ1) is 13.5. The van der Waals surface area contributed by atoms with Crippen molar-refractivity contribution in [3.63, 3.8) is 0 Å². The van der Waals surface area contributed by atoms with E-state index in [-0.39, 0.29) is 35.6 Å². The summed E-state index contributed by atoms with van der Waals surface area (Å²) in [5.74, 6) is 1.44. The van der Waals surface area contributed by atoms with Crippen molar-refractivity contribution in [1.82, 2.24) is 16.0 Å². The number of rotatable bonds is 8. The Bertz CT molecular complexity index is 810. The van der Waals surface area contributed by atoms with E-state index in [1.807, 2.05) is 32.0 Å². The lowest BCUT2D eigenvalue weighted by molar-refractivity contribution is 0.0954. The van der Waals surface area contributed by atoms with E-state index in [0.29, 0.717) is 31.2 Å². The van der Waals surface area contributed by atoms with Crippen molar-refractivity contribution in [3.05, 3.63) is 59.2 Å². The molecule has 158 valence electrons. The number of ether oxygens (including phenoxy) is 1. The van der Waals surface area contributed by atoms with E-state index in [0.717, 1.165) is 23.4 Å². The molecule has 0 bridgehead atoms. The van der Waals surface area contributed by atoms with Gasteiger partial charge in [0.05, 0.1) is 13.7 Å². The van der Waals surface area contributed by atoms with Gasteiger partial charge in [-0.1, -0.05) is 12.1 Å². The number of aromatic hydroxyl groups is 1. The lowest BCUT2D eigenvalue weighted by atomic mass is 10.1. The number of halogens is 1. The average molecular weight is 512 g/mol. The predicted octanol–water partition coefficient (Wildman–Crippen LogP) is 2.81. The zero-order valence-corrected chi connectivity index (χ0v) is 19.3. The Hall–Kier alpha value is -2.49. The SMILES string of the molecule is CCNC(=NCc1ccc(C)cc1OC)NCCNC(=O)c1ccc(O)cc1.I. The van der Waals surface area contributed by atoms with Gasteiger partial charge < -0.3 is 25.8 Å². The van der Waals surface area contributed by atoms with Crippen LogP contribution in [-0.2, 0) is 6.54 Å². The Morgan fingerprint density at radius 3 is 2.41 bits per heavy atom. The fourth-order valence-corrected chi connectivity index (χ4v) is 2.56. The van der Waals surface area contributed by atoms with E-state index < -0.39 is 0 Å². The Balaban J connectivity index is 0.00000420. The van der Waals surface area contributed by atoms with Gasteiger partial charge in [-0.3, -0.25) is 4.79 Å². The number of nitrogens with zero attached hydrogens (tertiary/aromatic N) is 1. The molecule has 0 aromatic heterocycles. The van der Waals surface area contributed by atoms with Crippen LogP contribution >= 0.6 is 24.0 Å². The topological polar surface area (TPSA) is 95.0 Å². The van der Waals surface area contributed by atoms with Crippen LogP contribution in [0.15, 0.2) is 47.5 Å². The van der Waals surface area contributed by atoms with Gasteiger partial charge in [-0.25, -0.2) is 4.99 Å². The van der Waals surface area contributed by atoms with Crippen molar-refractivity contribution < 1.29 is 14.6 Å². The molecule has 0 aliphatic carbocycles. The molecule has 0 unspecified atom stereocenters. The quantitative estimate of drug-likeness (QED) is 0.189. The molecule has 2 aromatic carbocycles. The van der Waals surface area contributed by atoms with Gasteiger partial charge in [-0.2, -0.15) is 0 Å². The highest BCUT2D eigenvalue weighted by molar-refractivity contribution is 14.0. The number of hydrogen-bond acceptors (Lipinski definition) is 4. The van der Waals surface area contributed by atoms with Crippen LogP contribution in [0, 0.1) is 6.92 Å². The van der Waals surface area contributed by atoms with E-state index in [1.54, 1.807) is 19.2 Å². The normalized spacial score (nSPS) is 10.7. The Morgan fingerprint density at radius 2 is 1.76 bits per heavy atom. The third-order valence-corrected chi connectivity index (χ3v) is 4.03. The van der Waals surface area contributed by atoms with Gasteiger partial charge in [0, 0.05) is 30.8 Å². The predicted molar refractivity (Wildman–Crippen MR) is 126 cm³/mol. The highest BCUT2D eigenvalue weighted by atomic mass is 127. The zero-order chi connectivity index (χ0) is 20.4. The molecule has 0 aliphatic heterocycles. The van der Waals surface area contributed by atoms with Gasteiger partial charge in [0.25, 0.3) is 5.91 Å². The summed E-state index contributed by atoms with van der Waals surface area (Å²) in [4.78, 5) is 16.6. The van der Waals surface area contributed by atoms with E-state index in [2.05, 4.69) is 20.9 Å². The molecular weight excluding hydrogens is 483 g/mol. The van der Waals surface area contributed by atoms with Crippen molar-refractivity contribution in [2.24, 2.45) is 4.99 Å². The monoisotopic (exact) mass is 512 g/mol. The summed E-state index contributed by atoms with van der Waals surface area (Å²) in [6.45, 7) is 6.21. The molecule has 8 heteroatoms. The first-order valence-electron chi connectivity index (χ1n) is 9.26. The second kappa shape index (κ2) is 12.9. The summed E-state index contributed by atoms with van der Waals surface area (Å²) in [5.41, 5.74) is 2.65. The van der Waals surface area contributed by atoms with Gasteiger partial charge in [0.1, 0.15) is 11.5 Å². The highest BCUT2D eigenvalue weighted by Crippen LogP contribution is 2.20. The molecule has 7 nitrogen and oxygen atoms in total. The summed E-state index contributed by atoms with van der Waals surface area (Å²) in [5, 5.41) is 18.5. The van der Waals surface area contributed by atoms with Crippen molar-refractivity contribution in [1.29, 1.82) is 0 Å². The van der Waals surface area contributed by atoms with E-state index in [9.17, 15) is 9.90 Å². The minimum absolute atomic E-state index is 0. The molecule has 0 atom stereocenters. The number of nitrogens with one attached hydrogen (secondary N) is 3. The minimum Gasteiger partial charge on any atom is -0.508 e. The second-order valence-corrected chi connectivity index (χ2v) is 6.24. The molecule has 1 amide bonds. The third-order valence-electron chi connectivity index (χ3n) is 4.03. The van der Waals surface area contributed by atoms with E-state index in [1.165, 1.54) is 12.1 Å². The summed E-state index contributed by atoms with van der Waals surface area (Å²) in [7, 11) is 1.65. The van der Waals surface area contributed by atoms with Crippen molar-refractivity contribution in [3.8, 4) is 11.5 Å². The van der Waals surface area contributed by atoms with Crippen LogP contribution < -0.4 is 20.7 Å². The number of methoxy groups -OCH3 is 1. The van der Waals surface area contributed by atoms with Crippen molar-refractivity contribution >= 4 is 35.8 Å². The molecule has 0 heterocycles. The number of amides is 1. The van der Waals surface area contributed by atoms with E-state index in [4.69, 9.17) is 4.74 Å². The van der Waals surface area contributed by atoms with Gasteiger partial charge in [-0.05, 0) is 49.7 Å². The maximum Gasteiger partial charge on any atom is 0.251 e. The fourth-order valence-electron chi connectivity index (χ4n) is 2.56. The lowest BCUT2D eigenvalue weighted by Crippen LogP contribution is -2.41. The molecule has 0 aliphatic rings. The Morgan fingerprint density at radius 1 is 1.07 bits per heavy atom. The van der Waals surface area contributed by atoms with Gasteiger partial charge in [0.15, 0.2) is 5.96 Å². The molecular formula is C21H29IN4O3. The lowest BCUT2D eigenvalue weighted by Gasteiger charge is -2.13. The number of phenolic OH excluding ortho intramolecular Hbond substituents is 1. The molecule has 0 radical (unpaired) electrons. The highest BCUT2D eigenvalue weighted by Gasteiger charge is 2.06. The largest absolute Gasteiger partial charge is 0.508 e. The molecule has 0 saturated carbocycles. The van der Waals surface area contributed by atoms with Gasteiger partial charge in [0.2, 0.25) is 0 Å². The van der Waals surface area contributed by atoms with Crippen LogP contribution in [0.2, 0.25) is 0 Å². The van der Waals surface area contributed by atoms with Crippen LogP contribution in [0.4, 0.5) is 0 Å². The number of aryl methyl sites for hydroxylation is 1. The summed E-state index contributed by atoms with van der Waals surface area (Å²) in [6, 6.07) is 12.2. The van der Waals surface area contributed by atoms with Gasteiger partial charge >= 0.3 is 0 Å². The van der Waals surface area contributed by atoms with Gasteiger partial charge in [-0.15, -0.1) is 24.0 Å². The fraction of sp³-hybridized carbons (Fsp3) is 0.333. The molecule has 0 saturated heterocycles. The Labute approximate surface area is 189 Å². The van der Waals surface area contributed by atoms with Crippen molar-refractivity contribution in [2.45, 2.75) is 20.4 Å². The maximum absolute atomic E-state index is 12.1. The zero-order valence-electron chi connectivity index (χ0n) is 17.0. The number of carbonyl (C=O) groups excluding carboxylic acids is 1. The van der Waals surface area contributed by atoms with Crippen LogP contribution in [0.1, 0.15) is 28.4 Å². The third kappa shape index (κ3) is 8.18. The number of phenols is 1. The summed E-state index contributed by atoms with van der Waals surface area (Å²) >= 11 is 0. The molecule has 4 N–H and O–H groups in total. The summed E-state index contributed by atoms with van der Waals surface area (Å²) < 4.78 is 5.42. The molecule has 2 aromatic rings. The number of carbonyl (C=O) groups is 1. The first-order valence-corrected chi connectivity index (χ1v) is 9.26. The Kier molecular flexibility index (Phi) is 10.9. The van der Waals surface area contributed by atoms with Crippen LogP contribution in [-0.4, -0.2) is 43.7 Å². The minimum atomic E-state index is -0.187. The average Bonchev–Trinajstić information content (AvgIpc) is 2.70. The number of aliphatic imine (C=N–C) groups is 1. The van der Waals surface area contributed by atoms with Crippen LogP contribution in [0.3, 0.4) is 0 Å². The van der Waals surface area contributed by atoms with Crippen LogP contribution in [0.25, 0.3) is 0 Å². The number of hydrogen-bond donors (Lipinski definition) is 4. The maximum atomic E-state index is 12.1. The summed E-state index contributed by atoms with van der Waals surface area (Å²) in [6.07, 6.45) is 0. The smallest absolute Gasteiger partial charge is 0.251 e. The molecule has 0 fully saturated rings. The second-order valence-electron chi connectivity index (χ2n) is 6.24. The number of guanidine groups is 1. The van der Waals surface area contributed by atoms with Crippen LogP contribution in [0.5, 0.6) is 11.5 Å². The molecule has 29 heavy (non-hydrogen) atoms. The first kappa shape index (κ1) is 24.5.